The first-order valence-electron chi connectivity index (χ1n) is 7.50. The van der Waals surface area contributed by atoms with Crippen LogP contribution in [0, 0.1) is 13.8 Å². The van der Waals surface area contributed by atoms with Crippen molar-refractivity contribution in [3.05, 3.63) is 26.6 Å². The van der Waals surface area contributed by atoms with Gasteiger partial charge in [-0.05, 0) is 19.4 Å². The molecule has 0 radical (unpaired) electrons. The number of morpholine rings is 1. The summed E-state index contributed by atoms with van der Waals surface area (Å²) >= 11 is 1.10. The number of hydrogen-bond donors (Lipinski definition) is 1. The third-order valence-corrected chi connectivity index (χ3v) is 4.96. The molecule has 1 fully saturated rings. The molecule has 0 aliphatic carbocycles. The Labute approximate surface area is 141 Å². The van der Waals surface area contributed by atoms with E-state index >= 15 is 0 Å². The maximum atomic E-state index is 12.3. The molecule has 128 valence electrons. The van der Waals surface area contributed by atoms with Crippen LogP contribution in [0.3, 0.4) is 0 Å². The predicted octanol–water partition coefficient (Wildman–Crippen LogP) is 0.617. The molecule has 9 heteroatoms. The van der Waals surface area contributed by atoms with E-state index in [4.69, 9.17) is 9.47 Å². The molecule has 8 nitrogen and oxygen atoms in total. The van der Waals surface area contributed by atoms with Gasteiger partial charge in [-0.2, -0.15) is 0 Å². The molecule has 1 aliphatic rings. The summed E-state index contributed by atoms with van der Waals surface area (Å²) in [7, 11) is 0. The molecule has 1 amide bonds. The minimum absolute atomic E-state index is 0.253. The minimum atomic E-state index is -0.617. The number of fused-ring (bicyclic) bond motifs is 1. The largest absolute Gasteiger partial charge is 0.451 e. The van der Waals surface area contributed by atoms with E-state index in [-0.39, 0.29) is 18.1 Å². The number of nitrogens with one attached hydrogen (secondary N) is 1. The van der Waals surface area contributed by atoms with Crippen LogP contribution in [0.25, 0.3) is 10.2 Å². The Morgan fingerprint density at radius 3 is 2.75 bits per heavy atom. The molecule has 1 N–H and O–H groups in total. The summed E-state index contributed by atoms with van der Waals surface area (Å²) in [6, 6.07) is 0. The number of aromatic nitrogens is 2. The molecule has 2 aromatic rings. The van der Waals surface area contributed by atoms with Crippen molar-refractivity contribution < 1.29 is 19.1 Å². The molecule has 24 heavy (non-hydrogen) atoms. The van der Waals surface area contributed by atoms with Crippen molar-refractivity contribution in [2.45, 2.75) is 13.8 Å². The molecule has 0 aromatic carbocycles. The van der Waals surface area contributed by atoms with Crippen molar-refractivity contribution in [1.82, 2.24) is 14.9 Å². The van der Waals surface area contributed by atoms with Crippen molar-refractivity contribution in [3.8, 4) is 0 Å². The first kappa shape index (κ1) is 16.6. The maximum Gasteiger partial charge on any atom is 0.349 e. The topological polar surface area (TPSA) is 102 Å². The third-order valence-electron chi connectivity index (χ3n) is 3.79. The van der Waals surface area contributed by atoms with Gasteiger partial charge in [0.05, 0.1) is 18.6 Å². The van der Waals surface area contributed by atoms with Crippen LogP contribution >= 0.6 is 11.3 Å². The summed E-state index contributed by atoms with van der Waals surface area (Å²) in [5.41, 5.74) is 0.238. The first-order chi connectivity index (χ1) is 11.5. The maximum absolute atomic E-state index is 12.3. The number of amides is 1. The lowest BCUT2D eigenvalue weighted by Crippen LogP contribution is -2.42. The van der Waals surface area contributed by atoms with E-state index in [0.29, 0.717) is 52.8 Å². The second kappa shape index (κ2) is 6.70. The van der Waals surface area contributed by atoms with Gasteiger partial charge in [0.1, 0.15) is 15.5 Å². The Morgan fingerprint density at radius 2 is 2.04 bits per heavy atom. The molecule has 1 aliphatic heterocycles. The van der Waals surface area contributed by atoms with Gasteiger partial charge in [-0.25, -0.2) is 9.78 Å². The van der Waals surface area contributed by atoms with Crippen LogP contribution in [0.5, 0.6) is 0 Å². The van der Waals surface area contributed by atoms with Crippen LogP contribution in [0.2, 0.25) is 0 Å². The normalized spacial score (nSPS) is 14.8. The summed E-state index contributed by atoms with van der Waals surface area (Å²) < 4.78 is 10.3. The van der Waals surface area contributed by atoms with Crippen LogP contribution in [0.4, 0.5) is 0 Å². The number of carbonyl (C=O) groups excluding carboxylic acids is 2. The summed E-state index contributed by atoms with van der Waals surface area (Å²) in [6.07, 6.45) is 0. The quantitative estimate of drug-likeness (QED) is 0.814. The van der Waals surface area contributed by atoms with Crippen LogP contribution in [-0.2, 0) is 14.3 Å². The second-order valence-corrected chi connectivity index (χ2v) is 6.46. The molecule has 0 saturated carbocycles. The lowest BCUT2D eigenvalue weighted by Gasteiger charge is -2.26. The predicted molar refractivity (Wildman–Crippen MR) is 87.4 cm³/mol. The highest BCUT2D eigenvalue weighted by molar-refractivity contribution is 7.20. The van der Waals surface area contributed by atoms with Crippen LogP contribution in [0.1, 0.15) is 21.1 Å². The average Bonchev–Trinajstić information content (AvgIpc) is 2.90. The number of esters is 1. The molecule has 2 aromatic heterocycles. The van der Waals surface area contributed by atoms with Gasteiger partial charge in [-0.3, -0.25) is 9.59 Å². The van der Waals surface area contributed by atoms with Gasteiger partial charge in [-0.1, -0.05) is 0 Å². The van der Waals surface area contributed by atoms with E-state index in [1.54, 1.807) is 18.7 Å². The zero-order valence-corrected chi connectivity index (χ0v) is 14.2. The van der Waals surface area contributed by atoms with E-state index < -0.39 is 5.97 Å². The number of carbonyl (C=O) groups is 2. The number of ether oxygens (including phenoxy) is 2. The van der Waals surface area contributed by atoms with Gasteiger partial charge in [0.25, 0.3) is 11.5 Å². The first-order valence-corrected chi connectivity index (χ1v) is 8.31. The third kappa shape index (κ3) is 3.17. The zero-order valence-electron chi connectivity index (χ0n) is 13.4. The fraction of sp³-hybridized carbons (Fsp3) is 0.467. The number of rotatable bonds is 3. The molecular weight excluding hydrogens is 334 g/mol. The van der Waals surface area contributed by atoms with Crippen molar-refractivity contribution in [2.24, 2.45) is 0 Å². The number of nitrogens with zero attached hydrogens (tertiary/aromatic N) is 2. The van der Waals surface area contributed by atoms with Crippen molar-refractivity contribution in [3.63, 3.8) is 0 Å². The Bertz CT molecular complexity index is 851. The highest BCUT2D eigenvalue weighted by Gasteiger charge is 2.22. The van der Waals surface area contributed by atoms with E-state index in [2.05, 4.69) is 9.97 Å². The molecule has 0 bridgehead atoms. The molecule has 3 rings (SSSR count). The molecule has 0 atom stereocenters. The molecule has 0 unspecified atom stereocenters. The van der Waals surface area contributed by atoms with Crippen molar-refractivity contribution in [2.75, 3.05) is 32.9 Å². The van der Waals surface area contributed by atoms with Crippen molar-refractivity contribution >= 4 is 33.4 Å². The number of hydrogen-bond acceptors (Lipinski definition) is 7. The van der Waals surface area contributed by atoms with Crippen molar-refractivity contribution in [1.29, 1.82) is 0 Å². The molecular formula is C15H17N3O5S. The van der Waals surface area contributed by atoms with E-state index in [1.165, 1.54) is 0 Å². The Hall–Kier alpha value is -2.26. The number of aromatic amines is 1. The van der Waals surface area contributed by atoms with Gasteiger partial charge in [0.15, 0.2) is 6.61 Å². The fourth-order valence-electron chi connectivity index (χ4n) is 2.54. The van der Waals surface area contributed by atoms with Gasteiger partial charge >= 0.3 is 5.97 Å². The standard InChI is InChI=1S/C15H17N3O5S/c1-8-11-13(20)16-9(2)17-14(11)24-12(8)15(21)23-7-10(19)18-3-5-22-6-4-18/h3-7H2,1-2H3,(H,16,17,20). The number of aryl methyl sites for hydroxylation is 2. The summed E-state index contributed by atoms with van der Waals surface area (Å²) in [5, 5.41) is 0.386. The average molecular weight is 351 g/mol. The Kier molecular flexibility index (Phi) is 4.63. The SMILES string of the molecule is Cc1nc2sc(C(=O)OCC(=O)N3CCOCC3)c(C)c2c(=O)[nH]1. The monoisotopic (exact) mass is 351 g/mol. The lowest BCUT2D eigenvalue weighted by atomic mass is 10.2. The number of H-pyrrole nitrogens is 1. The minimum Gasteiger partial charge on any atom is -0.451 e. The second-order valence-electron chi connectivity index (χ2n) is 5.46. The Balaban J connectivity index is 1.74. The summed E-state index contributed by atoms with van der Waals surface area (Å²) in [5.74, 6) is -0.387. The highest BCUT2D eigenvalue weighted by atomic mass is 32.1. The Morgan fingerprint density at radius 1 is 1.33 bits per heavy atom. The van der Waals surface area contributed by atoms with Gasteiger partial charge in [0, 0.05) is 13.1 Å². The molecule has 3 heterocycles. The smallest absolute Gasteiger partial charge is 0.349 e. The van der Waals surface area contributed by atoms with Gasteiger partial charge < -0.3 is 19.4 Å². The lowest BCUT2D eigenvalue weighted by molar-refractivity contribution is -0.138. The van der Waals surface area contributed by atoms with Crippen LogP contribution < -0.4 is 5.56 Å². The fourth-order valence-corrected chi connectivity index (χ4v) is 3.66. The highest BCUT2D eigenvalue weighted by Crippen LogP contribution is 2.27. The van der Waals surface area contributed by atoms with Crippen LogP contribution in [0.15, 0.2) is 4.79 Å². The molecule has 0 spiro atoms. The molecule has 1 saturated heterocycles. The number of thiophene rings is 1. The van der Waals surface area contributed by atoms with Crippen LogP contribution in [-0.4, -0.2) is 59.7 Å². The van der Waals surface area contributed by atoms with E-state index in [9.17, 15) is 14.4 Å². The van der Waals surface area contributed by atoms with Gasteiger partial charge in [-0.15, -0.1) is 11.3 Å². The van der Waals surface area contributed by atoms with E-state index in [1.807, 2.05) is 0 Å². The summed E-state index contributed by atoms with van der Waals surface area (Å²) in [6.45, 7) is 5.00. The van der Waals surface area contributed by atoms with Gasteiger partial charge in [0.2, 0.25) is 0 Å². The van der Waals surface area contributed by atoms with E-state index in [0.717, 1.165) is 11.3 Å². The zero-order chi connectivity index (χ0) is 17.3. The summed E-state index contributed by atoms with van der Waals surface area (Å²) in [4.78, 5) is 45.5.